The van der Waals surface area contributed by atoms with E-state index in [2.05, 4.69) is 31.7 Å². The number of rotatable bonds is 2. The van der Waals surface area contributed by atoms with Crippen LogP contribution >= 0.6 is 0 Å². The third-order valence-corrected chi connectivity index (χ3v) is 2.89. The van der Waals surface area contributed by atoms with Gasteiger partial charge in [-0.15, -0.1) is 0 Å². The molecular formula is C10H18N2O. The van der Waals surface area contributed by atoms with E-state index >= 15 is 0 Å². The van der Waals surface area contributed by atoms with Crippen molar-refractivity contribution in [1.29, 1.82) is 5.26 Å². The van der Waals surface area contributed by atoms with Crippen LogP contribution in [0.1, 0.15) is 27.2 Å². The lowest BCUT2D eigenvalue weighted by Gasteiger charge is -2.28. The van der Waals surface area contributed by atoms with Crippen LogP contribution in [0.3, 0.4) is 0 Å². The second-order valence-corrected chi connectivity index (χ2v) is 3.99. The van der Waals surface area contributed by atoms with Gasteiger partial charge in [-0.25, -0.2) is 0 Å². The Morgan fingerprint density at radius 1 is 1.62 bits per heavy atom. The summed E-state index contributed by atoms with van der Waals surface area (Å²) in [6.45, 7) is 6.99. The zero-order valence-corrected chi connectivity index (χ0v) is 8.57. The van der Waals surface area contributed by atoms with Crippen LogP contribution in [0.5, 0.6) is 0 Å². The first kappa shape index (κ1) is 10.5. The van der Waals surface area contributed by atoms with Gasteiger partial charge in [0.15, 0.2) is 0 Å². The maximum absolute atomic E-state index is 9.80. The Morgan fingerprint density at radius 2 is 2.23 bits per heavy atom. The largest absolute Gasteiger partial charge is 0.390 e. The molecule has 0 amide bonds. The number of aliphatic hydroxyl groups excluding tert-OH is 1. The number of nitriles is 1. The van der Waals surface area contributed by atoms with Crippen LogP contribution in [0.25, 0.3) is 0 Å². The van der Waals surface area contributed by atoms with E-state index in [0.717, 1.165) is 6.42 Å². The van der Waals surface area contributed by atoms with Gasteiger partial charge in [0.1, 0.15) is 0 Å². The minimum atomic E-state index is -0.461. The quantitative estimate of drug-likeness (QED) is 0.692. The molecule has 3 unspecified atom stereocenters. The molecule has 0 saturated carbocycles. The average molecular weight is 182 g/mol. The zero-order valence-electron chi connectivity index (χ0n) is 8.57. The summed E-state index contributed by atoms with van der Waals surface area (Å²) in [4.78, 5) is 2.22. The molecule has 0 aromatic rings. The van der Waals surface area contributed by atoms with Crippen LogP contribution in [0, 0.1) is 17.2 Å². The van der Waals surface area contributed by atoms with Crippen molar-refractivity contribution in [2.24, 2.45) is 5.92 Å². The van der Waals surface area contributed by atoms with Crippen molar-refractivity contribution >= 4 is 0 Å². The summed E-state index contributed by atoms with van der Waals surface area (Å²) in [6, 6.07) is 2.76. The number of likely N-dealkylation sites (tertiary alicyclic amines) is 1. The normalized spacial score (nSPS) is 35.2. The highest BCUT2D eigenvalue weighted by Crippen LogP contribution is 2.27. The van der Waals surface area contributed by atoms with Crippen molar-refractivity contribution < 1.29 is 5.11 Å². The summed E-state index contributed by atoms with van der Waals surface area (Å²) in [5.41, 5.74) is 0. The SMILES string of the molecule is CCC1C(O)C(C#N)CN1C(C)C. The lowest BCUT2D eigenvalue weighted by molar-refractivity contribution is 0.0905. The van der Waals surface area contributed by atoms with Gasteiger partial charge in [0.05, 0.1) is 18.1 Å². The van der Waals surface area contributed by atoms with Gasteiger partial charge in [-0.3, -0.25) is 4.90 Å². The smallest absolute Gasteiger partial charge is 0.0865 e. The number of hydrogen-bond donors (Lipinski definition) is 1. The molecule has 1 saturated heterocycles. The molecule has 0 aromatic heterocycles. The van der Waals surface area contributed by atoms with Crippen molar-refractivity contribution in [2.45, 2.75) is 45.4 Å². The third kappa shape index (κ3) is 1.84. The van der Waals surface area contributed by atoms with Gasteiger partial charge in [0.25, 0.3) is 0 Å². The molecule has 0 aromatic carbocycles. The Balaban J connectivity index is 2.74. The summed E-state index contributed by atoms with van der Waals surface area (Å²) in [7, 11) is 0. The molecule has 1 N–H and O–H groups in total. The number of hydrogen-bond acceptors (Lipinski definition) is 3. The molecule has 3 nitrogen and oxygen atoms in total. The monoisotopic (exact) mass is 182 g/mol. The highest BCUT2D eigenvalue weighted by Gasteiger charge is 2.40. The van der Waals surface area contributed by atoms with Crippen LogP contribution in [-0.4, -0.2) is 34.7 Å². The summed E-state index contributed by atoms with van der Waals surface area (Å²) >= 11 is 0. The van der Waals surface area contributed by atoms with E-state index in [1.54, 1.807) is 0 Å². The predicted molar refractivity (Wildman–Crippen MR) is 51.0 cm³/mol. The van der Waals surface area contributed by atoms with E-state index in [4.69, 9.17) is 5.26 Å². The molecule has 0 spiro atoms. The maximum atomic E-state index is 9.80. The second-order valence-electron chi connectivity index (χ2n) is 3.99. The van der Waals surface area contributed by atoms with Crippen molar-refractivity contribution in [2.75, 3.05) is 6.54 Å². The Hall–Kier alpha value is -0.590. The Morgan fingerprint density at radius 3 is 2.54 bits per heavy atom. The summed E-state index contributed by atoms with van der Waals surface area (Å²) < 4.78 is 0. The van der Waals surface area contributed by atoms with E-state index in [-0.39, 0.29) is 12.0 Å². The van der Waals surface area contributed by atoms with Crippen LogP contribution in [0.2, 0.25) is 0 Å². The van der Waals surface area contributed by atoms with Crippen molar-refractivity contribution in [3.8, 4) is 6.07 Å². The number of nitrogens with zero attached hydrogens (tertiary/aromatic N) is 2. The average Bonchev–Trinajstić information content (AvgIpc) is 2.42. The molecule has 1 fully saturated rings. The summed E-state index contributed by atoms with van der Waals surface area (Å²) in [6.07, 6.45) is 0.453. The van der Waals surface area contributed by atoms with Crippen LogP contribution in [0.15, 0.2) is 0 Å². The van der Waals surface area contributed by atoms with Crippen LogP contribution in [-0.2, 0) is 0 Å². The van der Waals surface area contributed by atoms with Gasteiger partial charge >= 0.3 is 0 Å². The molecule has 74 valence electrons. The van der Waals surface area contributed by atoms with E-state index in [1.165, 1.54) is 0 Å². The lowest BCUT2D eigenvalue weighted by atomic mass is 10.0. The molecule has 3 heteroatoms. The van der Waals surface area contributed by atoms with Crippen LogP contribution < -0.4 is 0 Å². The molecule has 13 heavy (non-hydrogen) atoms. The van der Waals surface area contributed by atoms with Crippen molar-refractivity contribution in [1.82, 2.24) is 4.90 Å². The summed E-state index contributed by atoms with van der Waals surface area (Å²) in [5.74, 6) is -0.202. The highest BCUT2D eigenvalue weighted by atomic mass is 16.3. The predicted octanol–water partition coefficient (Wildman–Crippen LogP) is 0.990. The molecule has 1 heterocycles. The van der Waals surface area contributed by atoms with Gasteiger partial charge in [-0.1, -0.05) is 6.92 Å². The second kappa shape index (κ2) is 4.08. The van der Waals surface area contributed by atoms with Crippen molar-refractivity contribution in [3.63, 3.8) is 0 Å². The van der Waals surface area contributed by atoms with Gasteiger partial charge in [0, 0.05) is 18.6 Å². The fourth-order valence-electron chi connectivity index (χ4n) is 2.12. The van der Waals surface area contributed by atoms with Gasteiger partial charge in [-0.2, -0.15) is 5.26 Å². The standard InChI is InChI=1S/C10H18N2O/c1-4-9-10(13)8(5-11)6-12(9)7(2)3/h7-10,13H,4,6H2,1-3H3. The van der Waals surface area contributed by atoms with Crippen LogP contribution in [0.4, 0.5) is 0 Å². The van der Waals surface area contributed by atoms with Crippen molar-refractivity contribution in [3.05, 3.63) is 0 Å². The van der Waals surface area contributed by atoms with Gasteiger partial charge in [-0.05, 0) is 20.3 Å². The van der Waals surface area contributed by atoms with E-state index in [9.17, 15) is 5.11 Å². The number of aliphatic hydroxyl groups is 1. The fraction of sp³-hybridized carbons (Fsp3) is 0.900. The Bertz CT molecular complexity index is 209. The fourth-order valence-corrected chi connectivity index (χ4v) is 2.12. The first-order valence-corrected chi connectivity index (χ1v) is 4.95. The molecule has 1 rings (SSSR count). The van der Waals surface area contributed by atoms with E-state index < -0.39 is 6.10 Å². The summed E-state index contributed by atoms with van der Waals surface area (Å²) in [5, 5.41) is 18.6. The molecule has 0 radical (unpaired) electrons. The van der Waals surface area contributed by atoms with E-state index in [0.29, 0.717) is 12.6 Å². The van der Waals surface area contributed by atoms with Gasteiger partial charge < -0.3 is 5.11 Å². The Kier molecular flexibility index (Phi) is 3.29. The minimum Gasteiger partial charge on any atom is -0.390 e. The molecular weight excluding hydrogens is 164 g/mol. The Labute approximate surface area is 80.0 Å². The molecule has 0 aliphatic carbocycles. The molecule has 0 bridgehead atoms. The zero-order chi connectivity index (χ0) is 10.0. The van der Waals surface area contributed by atoms with E-state index in [1.807, 2.05) is 0 Å². The highest BCUT2D eigenvalue weighted by molar-refractivity contribution is 5.02. The molecule has 3 atom stereocenters. The first-order chi connectivity index (χ1) is 6.11. The minimum absolute atomic E-state index is 0.171. The maximum Gasteiger partial charge on any atom is 0.0865 e. The first-order valence-electron chi connectivity index (χ1n) is 4.95. The van der Waals surface area contributed by atoms with Gasteiger partial charge in [0.2, 0.25) is 0 Å². The topological polar surface area (TPSA) is 47.3 Å². The third-order valence-electron chi connectivity index (χ3n) is 2.89. The lowest BCUT2D eigenvalue weighted by Crippen LogP contribution is -2.39. The molecule has 1 aliphatic heterocycles. The molecule has 1 aliphatic rings.